The maximum absolute atomic E-state index is 13.0. The maximum atomic E-state index is 13.0. The number of rotatable bonds is 13. The van der Waals surface area contributed by atoms with Crippen molar-refractivity contribution in [3.63, 3.8) is 0 Å². The smallest absolute Gasteiger partial charge is 0.407 e. The van der Waals surface area contributed by atoms with Gasteiger partial charge in [-0.3, -0.25) is 9.59 Å². The van der Waals surface area contributed by atoms with Crippen molar-refractivity contribution < 1.29 is 23.9 Å². The van der Waals surface area contributed by atoms with Crippen LogP contribution in [0.5, 0.6) is 5.75 Å². The van der Waals surface area contributed by atoms with Gasteiger partial charge in [0.15, 0.2) is 0 Å². The molecule has 0 fully saturated rings. The number of carbonyl (C=O) groups is 3. The fourth-order valence-corrected chi connectivity index (χ4v) is 6.48. The van der Waals surface area contributed by atoms with E-state index in [-0.39, 0.29) is 30.9 Å². The van der Waals surface area contributed by atoms with E-state index in [1.54, 1.807) is 4.90 Å². The topological polar surface area (TPSA) is 146 Å². The van der Waals surface area contributed by atoms with Crippen molar-refractivity contribution >= 4 is 39.7 Å². The third kappa shape index (κ3) is 7.15. The summed E-state index contributed by atoms with van der Waals surface area (Å²) in [7, 11) is 1.27. The molecule has 3 heterocycles. The minimum Gasteiger partial charge on any atom is -0.488 e. The largest absolute Gasteiger partial charge is 0.488 e. The van der Waals surface area contributed by atoms with Gasteiger partial charge in [-0.1, -0.05) is 39.0 Å². The zero-order chi connectivity index (χ0) is 35.4. The first-order valence-electron chi connectivity index (χ1n) is 17.4. The number of amides is 3. The Morgan fingerprint density at radius 3 is 2.58 bits per heavy atom. The quantitative estimate of drug-likeness (QED) is 0.126. The number of alkyl carbamates (subject to hydrolysis) is 1. The van der Waals surface area contributed by atoms with Crippen LogP contribution in [-0.2, 0) is 34.0 Å². The lowest BCUT2D eigenvalue weighted by Crippen LogP contribution is -2.44. The molecule has 1 aliphatic heterocycles. The molecule has 12 nitrogen and oxygen atoms in total. The molecular formula is C38H45N7O5. The zero-order valence-corrected chi connectivity index (χ0v) is 29.4. The molecule has 3 N–H and O–H groups in total. The fraction of sp³-hybridized carbons (Fsp3) is 0.395. The number of nitrogens with zero attached hydrogens (tertiary/aromatic N) is 4. The lowest BCUT2D eigenvalue weighted by Gasteiger charge is -2.27. The molecule has 0 aliphatic carbocycles. The molecule has 1 aliphatic rings. The van der Waals surface area contributed by atoms with E-state index in [9.17, 15) is 14.4 Å². The van der Waals surface area contributed by atoms with Gasteiger partial charge in [-0.25, -0.2) is 14.8 Å². The van der Waals surface area contributed by atoms with Crippen LogP contribution in [0.2, 0.25) is 0 Å². The predicted molar refractivity (Wildman–Crippen MR) is 192 cm³/mol. The average molecular weight is 680 g/mol. The SMILES string of the molecule is CCCC(=O)N(CCC)Cc1ncc(-c2ccc3c(c2)COc2cc4c(ccc5[nH]c(CN(C(=O)CNC(=O)OC)[C@@H](C)CC)nc54)cc2-3)[nH]1. The summed E-state index contributed by atoms with van der Waals surface area (Å²) in [5.41, 5.74) is 6.78. The monoisotopic (exact) mass is 679 g/mol. The van der Waals surface area contributed by atoms with E-state index in [0.29, 0.717) is 31.9 Å². The number of methoxy groups -OCH3 is 1. The summed E-state index contributed by atoms with van der Waals surface area (Å²) in [4.78, 5) is 57.1. The summed E-state index contributed by atoms with van der Waals surface area (Å²) in [6.45, 7) is 9.81. The lowest BCUT2D eigenvalue weighted by molar-refractivity contribution is -0.133. The number of aromatic amines is 2. The van der Waals surface area contributed by atoms with Crippen LogP contribution in [-0.4, -0.2) is 73.9 Å². The van der Waals surface area contributed by atoms with Crippen LogP contribution in [0.1, 0.15) is 70.6 Å². The van der Waals surface area contributed by atoms with E-state index in [4.69, 9.17) is 9.72 Å². The number of hydrogen-bond acceptors (Lipinski definition) is 7. The predicted octanol–water partition coefficient (Wildman–Crippen LogP) is 6.69. The van der Waals surface area contributed by atoms with Crippen molar-refractivity contribution in [2.75, 3.05) is 20.2 Å². The standard InChI is InChI=1S/C38H45N7O5/c1-6-9-35(46)44(14-7-2)20-33-39-18-31(42-33)25-10-12-27-26(15-25)22-50-32-17-28-24(16-29(27)32)11-13-30-37(28)43-34(41-30)21-45(23(4)8-3)36(47)19-40-38(48)49-5/h10-13,15-18,23H,6-9,14,19-22H2,1-5H3,(H,39,42)(H,40,48)(H,41,43)/t23-/m0/s1. The molecule has 0 unspecified atom stereocenters. The third-order valence-corrected chi connectivity index (χ3v) is 9.32. The van der Waals surface area contributed by atoms with Gasteiger partial charge in [0.1, 0.15) is 30.5 Å². The van der Waals surface area contributed by atoms with Gasteiger partial charge in [0.05, 0.1) is 43.1 Å². The highest BCUT2D eigenvalue weighted by Gasteiger charge is 2.24. The number of benzene rings is 3. The summed E-state index contributed by atoms with van der Waals surface area (Å²) in [5, 5.41) is 4.46. The van der Waals surface area contributed by atoms with Crippen molar-refractivity contribution in [3.05, 3.63) is 65.9 Å². The molecule has 262 valence electrons. The van der Waals surface area contributed by atoms with Gasteiger partial charge in [-0.05, 0) is 72.5 Å². The highest BCUT2D eigenvalue weighted by atomic mass is 16.5. The Bertz CT molecular complexity index is 2030. The summed E-state index contributed by atoms with van der Waals surface area (Å²) < 4.78 is 10.9. The third-order valence-electron chi connectivity index (χ3n) is 9.32. The van der Waals surface area contributed by atoms with E-state index in [1.807, 2.05) is 37.9 Å². The summed E-state index contributed by atoms with van der Waals surface area (Å²) in [6.07, 6.45) is 4.20. The summed E-state index contributed by atoms with van der Waals surface area (Å²) in [5.74, 6) is 2.15. The number of aromatic nitrogens is 4. The molecular weight excluding hydrogens is 634 g/mol. The Morgan fingerprint density at radius 2 is 1.82 bits per heavy atom. The Kier molecular flexibility index (Phi) is 10.4. The summed E-state index contributed by atoms with van der Waals surface area (Å²) in [6, 6.07) is 14.6. The maximum Gasteiger partial charge on any atom is 0.407 e. The Hall–Kier alpha value is -5.39. The second-order valence-electron chi connectivity index (χ2n) is 12.8. The average Bonchev–Trinajstić information content (AvgIpc) is 3.78. The number of nitrogens with one attached hydrogen (secondary N) is 3. The van der Waals surface area contributed by atoms with E-state index in [1.165, 1.54) is 7.11 Å². The van der Waals surface area contributed by atoms with Crippen molar-refractivity contribution in [3.8, 4) is 28.1 Å². The number of hydrogen-bond donors (Lipinski definition) is 3. The molecule has 3 amide bonds. The number of carbonyl (C=O) groups excluding carboxylic acids is 3. The van der Waals surface area contributed by atoms with Gasteiger partial charge < -0.3 is 34.6 Å². The number of fused-ring (bicyclic) bond motifs is 6. The van der Waals surface area contributed by atoms with Gasteiger partial charge in [-0.15, -0.1) is 0 Å². The minimum absolute atomic E-state index is 0.0550. The van der Waals surface area contributed by atoms with Crippen molar-refractivity contribution in [1.82, 2.24) is 35.1 Å². The molecule has 2 aromatic heterocycles. The molecule has 0 saturated heterocycles. The second kappa shape index (κ2) is 15.0. The van der Waals surface area contributed by atoms with Gasteiger partial charge in [0.2, 0.25) is 11.8 Å². The van der Waals surface area contributed by atoms with Crippen molar-refractivity contribution in [2.45, 2.75) is 79.1 Å². The molecule has 3 aromatic carbocycles. The Labute approximate surface area is 291 Å². The van der Waals surface area contributed by atoms with Crippen LogP contribution in [0, 0.1) is 0 Å². The number of H-pyrrole nitrogens is 2. The van der Waals surface area contributed by atoms with Crippen molar-refractivity contribution in [1.29, 1.82) is 0 Å². The normalized spacial score (nSPS) is 12.6. The molecule has 50 heavy (non-hydrogen) atoms. The molecule has 0 spiro atoms. The molecule has 12 heteroatoms. The first kappa shape index (κ1) is 34.5. The van der Waals surface area contributed by atoms with Crippen LogP contribution < -0.4 is 10.1 Å². The van der Waals surface area contributed by atoms with E-state index in [0.717, 1.165) is 80.6 Å². The Balaban J connectivity index is 1.24. The molecule has 0 bridgehead atoms. The Morgan fingerprint density at radius 1 is 0.980 bits per heavy atom. The van der Waals surface area contributed by atoms with Gasteiger partial charge in [0.25, 0.3) is 0 Å². The fourth-order valence-electron chi connectivity index (χ4n) is 6.48. The first-order chi connectivity index (χ1) is 24.2. The van der Waals surface area contributed by atoms with E-state index >= 15 is 0 Å². The van der Waals surface area contributed by atoms with Crippen LogP contribution in [0.3, 0.4) is 0 Å². The molecule has 1 atom stereocenters. The number of imidazole rings is 2. The summed E-state index contributed by atoms with van der Waals surface area (Å²) >= 11 is 0. The highest BCUT2D eigenvalue weighted by molar-refractivity contribution is 6.07. The minimum atomic E-state index is -0.648. The van der Waals surface area contributed by atoms with Gasteiger partial charge >= 0.3 is 6.09 Å². The first-order valence-corrected chi connectivity index (χ1v) is 17.4. The van der Waals surface area contributed by atoms with Crippen molar-refractivity contribution in [2.24, 2.45) is 0 Å². The highest BCUT2D eigenvalue weighted by Crippen LogP contribution is 2.42. The number of ether oxygens (including phenoxy) is 2. The van der Waals surface area contributed by atoms with Gasteiger partial charge in [0, 0.05) is 30.0 Å². The molecule has 0 radical (unpaired) electrons. The lowest BCUT2D eigenvalue weighted by atomic mass is 9.92. The van der Waals surface area contributed by atoms with E-state index < -0.39 is 6.09 Å². The molecule has 6 rings (SSSR count). The van der Waals surface area contributed by atoms with Crippen LogP contribution >= 0.6 is 0 Å². The zero-order valence-electron chi connectivity index (χ0n) is 29.4. The van der Waals surface area contributed by atoms with Crippen LogP contribution in [0.25, 0.3) is 44.2 Å². The molecule has 5 aromatic rings. The van der Waals surface area contributed by atoms with Crippen LogP contribution in [0.4, 0.5) is 4.79 Å². The van der Waals surface area contributed by atoms with Gasteiger partial charge in [-0.2, -0.15) is 0 Å². The van der Waals surface area contributed by atoms with Crippen LogP contribution in [0.15, 0.2) is 48.7 Å². The molecule has 0 saturated carbocycles. The van der Waals surface area contributed by atoms with E-state index in [2.05, 4.69) is 68.3 Å². The second-order valence-corrected chi connectivity index (χ2v) is 12.8.